The highest BCUT2D eigenvalue weighted by Gasteiger charge is 2.34. The number of benzene rings is 1. The van der Waals surface area contributed by atoms with Gasteiger partial charge in [0.15, 0.2) is 0 Å². The van der Waals surface area contributed by atoms with E-state index in [1.54, 1.807) is 0 Å². The molecule has 0 fully saturated rings. The summed E-state index contributed by atoms with van der Waals surface area (Å²) < 4.78 is 5.75. The fraction of sp³-hybridized carbons (Fsp3) is 0.333. The Kier molecular flexibility index (Phi) is 4.19. The van der Waals surface area contributed by atoms with Crippen molar-refractivity contribution in [1.82, 2.24) is 5.32 Å². The van der Waals surface area contributed by atoms with Crippen molar-refractivity contribution in [3.05, 3.63) is 48.2 Å². The molecule has 1 aromatic carbocycles. The van der Waals surface area contributed by atoms with Gasteiger partial charge in [-0.15, -0.1) is 0 Å². The van der Waals surface area contributed by atoms with E-state index in [9.17, 15) is 14.7 Å². The Bertz CT molecular complexity index is 728. The maximum absolute atomic E-state index is 12.5. The minimum absolute atomic E-state index is 0.241. The molecule has 5 nitrogen and oxygen atoms in total. The lowest BCUT2D eigenvalue weighted by Gasteiger charge is -2.25. The van der Waals surface area contributed by atoms with Gasteiger partial charge in [0.05, 0.1) is 17.9 Å². The lowest BCUT2D eigenvalue weighted by molar-refractivity contribution is -0.147. The number of carbonyl (C=O) groups is 2. The van der Waals surface area contributed by atoms with Gasteiger partial charge in [-0.2, -0.15) is 0 Å². The van der Waals surface area contributed by atoms with Crippen molar-refractivity contribution in [2.45, 2.75) is 25.8 Å². The molecule has 0 unspecified atom stereocenters. The zero-order valence-corrected chi connectivity index (χ0v) is 12.9. The first-order valence-corrected chi connectivity index (χ1v) is 7.73. The van der Waals surface area contributed by atoms with Crippen LogP contribution in [0, 0.1) is 11.8 Å². The quantitative estimate of drug-likeness (QED) is 0.849. The van der Waals surface area contributed by atoms with Crippen LogP contribution >= 0.6 is 0 Å². The second kappa shape index (κ2) is 6.28. The number of para-hydroxylation sites is 1. The number of carboxylic acids is 1. The van der Waals surface area contributed by atoms with Gasteiger partial charge in [0.25, 0.3) is 0 Å². The number of furan rings is 1. The summed E-state index contributed by atoms with van der Waals surface area (Å²) >= 11 is 0. The Labute approximate surface area is 134 Å². The van der Waals surface area contributed by atoms with Gasteiger partial charge < -0.3 is 14.8 Å². The molecular formula is C18H19NO4. The summed E-state index contributed by atoms with van der Waals surface area (Å²) in [5.74, 6) is -1.70. The topological polar surface area (TPSA) is 79.5 Å². The van der Waals surface area contributed by atoms with E-state index in [4.69, 9.17) is 4.42 Å². The summed E-state index contributed by atoms with van der Waals surface area (Å²) in [4.78, 5) is 23.8. The Morgan fingerprint density at radius 3 is 2.61 bits per heavy atom. The minimum atomic E-state index is -0.925. The van der Waals surface area contributed by atoms with Crippen LogP contribution in [0.15, 0.2) is 46.9 Å². The van der Waals surface area contributed by atoms with Gasteiger partial charge in [0.2, 0.25) is 5.91 Å². The van der Waals surface area contributed by atoms with Crippen LogP contribution in [0.25, 0.3) is 11.0 Å². The third-order valence-corrected chi connectivity index (χ3v) is 4.32. The molecule has 1 heterocycles. The summed E-state index contributed by atoms with van der Waals surface area (Å²) in [5, 5.41) is 13.1. The number of allylic oxidation sites excluding steroid dienone is 2. The van der Waals surface area contributed by atoms with E-state index in [1.807, 2.05) is 49.4 Å². The highest BCUT2D eigenvalue weighted by Crippen LogP contribution is 2.28. The van der Waals surface area contributed by atoms with Crippen LogP contribution in [0.2, 0.25) is 0 Å². The SMILES string of the molecule is C[C@H](NC(=O)[C@@H]1CC=CC[C@@H]1C(=O)O)c1cc2ccccc2o1. The molecule has 0 aliphatic heterocycles. The molecule has 0 saturated heterocycles. The lowest BCUT2D eigenvalue weighted by Crippen LogP contribution is -2.39. The van der Waals surface area contributed by atoms with Crippen molar-refractivity contribution in [1.29, 1.82) is 0 Å². The molecule has 1 aliphatic carbocycles. The molecule has 1 aromatic heterocycles. The van der Waals surface area contributed by atoms with E-state index >= 15 is 0 Å². The number of carboxylic acid groups (broad SMARTS) is 1. The Hall–Kier alpha value is -2.56. The molecule has 1 amide bonds. The fourth-order valence-corrected chi connectivity index (χ4v) is 2.98. The van der Waals surface area contributed by atoms with Gasteiger partial charge in [-0.3, -0.25) is 9.59 Å². The minimum Gasteiger partial charge on any atom is -0.481 e. The van der Waals surface area contributed by atoms with Gasteiger partial charge in [0, 0.05) is 5.39 Å². The van der Waals surface area contributed by atoms with Gasteiger partial charge in [-0.25, -0.2) is 0 Å². The van der Waals surface area contributed by atoms with E-state index in [0.29, 0.717) is 18.6 Å². The van der Waals surface area contributed by atoms with Crippen molar-refractivity contribution >= 4 is 22.8 Å². The summed E-state index contributed by atoms with van der Waals surface area (Å²) in [5.41, 5.74) is 0.771. The van der Waals surface area contributed by atoms with Crippen LogP contribution < -0.4 is 5.32 Å². The highest BCUT2D eigenvalue weighted by molar-refractivity contribution is 5.85. The average Bonchev–Trinajstić information content (AvgIpc) is 2.99. The first-order chi connectivity index (χ1) is 11.1. The number of hydrogen-bond acceptors (Lipinski definition) is 3. The third kappa shape index (κ3) is 3.13. The molecule has 23 heavy (non-hydrogen) atoms. The zero-order chi connectivity index (χ0) is 16.4. The molecule has 0 spiro atoms. The van der Waals surface area contributed by atoms with E-state index in [0.717, 1.165) is 11.0 Å². The van der Waals surface area contributed by atoms with Crippen molar-refractivity contribution in [3.8, 4) is 0 Å². The number of amides is 1. The maximum atomic E-state index is 12.5. The van der Waals surface area contributed by atoms with Crippen molar-refractivity contribution in [2.75, 3.05) is 0 Å². The summed E-state index contributed by atoms with van der Waals surface area (Å²) in [6.07, 6.45) is 4.54. The van der Waals surface area contributed by atoms with Crippen LogP contribution in [0.1, 0.15) is 31.6 Å². The number of fused-ring (bicyclic) bond motifs is 1. The maximum Gasteiger partial charge on any atom is 0.307 e. The predicted molar refractivity (Wildman–Crippen MR) is 85.8 cm³/mol. The molecule has 0 saturated carbocycles. The molecule has 5 heteroatoms. The number of aliphatic carboxylic acids is 1. The molecule has 3 atom stereocenters. The van der Waals surface area contributed by atoms with Crippen LogP contribution in [0.4, 0.5) is 0 Å². The monoisotopic (exact) mass is 313 g/mol. The normalized spacial score (nSPS) is 22.0. The molecule has 2 N–H and O–H groups in total. The Morgan fingerprint density at radius 2 is 1.91 bits per heavy atom. The van der Waals surface area contributed by atoms with Gasteiger partial charge in [-0.1, -0.05) is 30.4 Å². The zero-order valence-electron chi connectivity index (χ0n) is 12.9. The fourth-order valence-electron chi connectivity index (χ4n) is 2.98. The van der Waals surface area contributed by atoms with Crippen LogP contribution in [-0.2, 0) is 9.59 Å². The van der Waals surface area contributed by atoms with Crippen molar-refractivity contribution in [2.24, 2.45) is 11.8 Å². The van der Waals surface area contributed by atoms with Crippen LogP contribution in [0.5, 0.6) is 0 Å². The highest BCUT2D eigenvalue weighted by atomic mass is 16.4. The summed E-state index contributed by atoms with van der Waals surface area (Å²) in [6.45, 7) is 1.84. The Balaban J connectivity index is 1.73. The van der Waals surface area contributed by atoms with Gasteiger partial charge >= 0.3 is 5.97 Å². The number of carbonyl (C=O) groups excluding carboxylic acids is 1. The van der Waals surface area contributed by atoms with Crippen LogP contribution in [-0.4, -0.2) is 17.0 Å². The number of nitrogens with one attached hydrogen (secondary N) is 1. The lowest BCUT2D eigenvalue weighted by atomic mass is 9.82. The van der Waals surface area contributed by atoms with Crippen molar-refractivity contribution < 1.29 is 19.1 Å². The number of hydrogen-bond donors (Lipinski definition) is 2. The third-order valence-electron chi connectivity index (χ3n) is 4.32. The van der Waals surface area contributed by atoms with Gasteiger partial charge in [-0.05, 0) is 31.9 Å². The standard InChI is InChI=1S/C18H19NO4/c1-11(16-10-12-6-2-5-9-15(12)23-16)19-17(20)13-7-3-4-8-14(13)18(21)22/h2-6,9-11,13-14H,7-8H2,1H3,(H,19,20)(H,21,22)/t11-,13+,14-/m0/s1. The molecule has 0 radical (unpaired) electrons. The molecule has 1 aliphatic rings. The molecule has 2 aromatic rings. The summed E-state index contributed by atoms with van der Waals surface area (Å²) in [6, 6.07) is 9.23. The first-order valence-electron chi connectivity index (χ1n) is 7.73. The van der Waals surface area contributed by atoms with E-state index < -0.39 is 17.8 Å². The van der Waals surface area contributed by atoms with Crippen molar-refractivity contribution in [3.63, 3.8) is 0 Å². The second-order valence-electron chi connectivity index (χ2n) is 5.91. The Morgan fingerprint density at radius 1 is 1.22 bits per heavy atom. The van der Waals surface area contributed by atoms with Gasteiger partial charge in [0.1, 0.15) is 11.3 Å². The second-order valence-corrected chi connectivity index (χ2v) is 5.91. The van der Waals surface area contributed by atoms with E-state index in [-0.39, 0.29) is 11.9 Å². The first kappa shape index (κ1) is 15.3. The van der Waals surface area contributed by atoms with Crippen LogP contribution in [0.3, 0.4) is 0 Å². The predicted octanol–water partition coefficient (Wildman–Crippen LogP) is 3.28. The largest absolute Gasteiger partial charge is 0.481 e. The molecular weight excluding hydrogens is 294 g/mol. The van der Waals surface area contributed by atoms with E-state index in [2.05, 4.69) is 5.32 Å². The number of rotatable bonds is 4. The smallest absolute Gasteiger partial charge is 0.307 e. The molecule has 120 valence electrons. The summed E-state index contributed by atoms with van der Waals surface area (Å²) in [7, 11) is 0. The molecule has 0 bridgehead atoms. The molecule has 3 rings (SSSR count). The average molecular weight is 313 g/mol. The van der Waals surface area contributed by atoms with E-state index in [1.165, 1.54) is 0 Å².